The topological polar surface area (TPSA) is 61.8 Å². The van der Waals surface area contributed by atoms with Gasteiger partial charge in [-0.15, -0.1) is 0 Å². The van der Waals surface area contributed by atoms with E-state index in [2.05, 4.69) is 13.8 Å². The molecular formula is C21H38O5. The summed E-state index contributed by atoms with van der Waals surface area (Å²) in [5.41, 5.74) is -0.550. The fourth-order valence-corrected chi connectivity index (χ4v) is 3.02. The van der Waals surface area contributed by atoms with Crippen molar-refractivity contribution in [3.63, 3.8) is 0 Å². The lowest BCUT2D eigenvalue weighted by Crippen LogP contribution is -2.39. The first-order valence-corrected chi connectivity index (χ1v) is 10.1. The molecule has 0 aliphatic heterocycles. The first-order chi connectivity index (χ1) is 12.1. The van der Waals surface area contributed by atoms with Crippen molar-refractivity contribution in [1.82, 2.24) is 0 Å². The quantitative estimate of drug-likeness (QED) is 0.501. The molecule has 5 nitrogen and oxygen atoms in total. The molecule has 0 saturated heterocycles. The van der Waals surface area contributed by atoms with Gasteiger partial charge in [-0.1, -0.05) is 33.6 Å². The Morgan fingerprint density at radius 1 is 1.08 bits per heavy atom. The molecule has 0 heterocycles. The Bertz CT molecular complexity index is 446. The minimum Gasteiger partial charge on any atom is -0.460 e. The monoisotopic (exact) mass is 370 g/mol. The molecule has 5 heteroatoms. The summed E-state index contributed by atoms with van der Waals surface area (Å²) in [4.78, 5) is 24.3. The normalized spacial score (nSPS) is 18.3. The van der Waals surface area contributed by atoms with Crippen LogP contribution in [0.25, 0.3) is 0 Å². The van der Waals surface area contributed by atoms with Gasteiger partial charge in [0.25, 0.3) is 0 Å². The number of esters is 2. The molecule has 1 aliphatic carbocycles. The first kappa shape index (κ1) is 22.9. The van der Waals surface area contributed by atoms with Crippen molar-refractivity contribution in [2.24, 2.45) is 17.8 Å². The van der Waals surface area contributed by atoms with Crippen molar-refractivity contribution in [3.8, 4) is 0 Å². The van der Waals surface area contributed by atoms with Crippen LogP contribution in [0.2, 0.25) is 0 Å². The van der Waals surface area contributed by atoms with Crippen molar-refractivity contribution in [1.29, 1.82) is 0 Å². The largest absolute Gasteiger partial charge is 0.460 e. The lowest BCUT2D eigenvalue weighted by Gasteiger charge is -2.31. The van der Waals surface area contributed by atoms with E-state index in [9.17, 15) is 9.59 Å². The van der Waals surface area contributed by atoms with Crippen LogP contribution in [0.15, 0.2) is 0 Å². The van der Waals surface area contributed by atoms with Gasteiger partial charge in [0.2, 0.25) is 0 Å². The van der Waals surface area contributed by atoms with E-state index in [1.54, 1.807) is 6.92 Å². The lowest BCUT2D eigenvalue weighted by atomic mass is 9.93. The molecule has 0 bridgehead atoms. The van der Waals surface area contributed by atoms with E-state index in [4.69, 9.17) is 14.2 Å². The number of hydrogen-bond donors (Lipinski definition) is 0. The summed E-state index contributed by atoms with van der Waals surface area (Å²) in [6.45, 7) is 14.1. The Kier molecular flexibility index (Phi) is 9.08. The van der Waals surface area contributed by atoms with Crippen LogP contribution in [0.3, 0.4) is 0 Å². The zero-order valence-corrected chi connectivity index (χ0v) is 17.7. The van der Waals surface area contributed by atoms with E-state index in [1.807, 2.05) is 27.7 Å². The molecule has 0 aromatic heterocycles. The van der Waals surface area contributed by atoms with E-state index in [-0.39, 0.29) is 30.6 Å². The van der Waals surface area contributed by atoms with E-state index < -0.39 is 11.5 Å². The second kappa shape index (κ2) is 10.3. The number of ether oxygens (including phenoxy) is 3. The Balaban J connectivity index is 2.57. The fraction of sp³-hybridized carbons (Fsp3) is 0.905. The van der Waals surface area contributed by atoms with Gasteiger partial charge in [0, 0.05) is 6.61 Å². The molecule has 152 valence electrons. The molecule has 0 unspecified atom stereocenters. The molecule has 0 amide bonds. The maximum absolute atomic E-state index is 12.4. The highest BCUT2D eigenvalue weighted by Gasteiger charge is 2.32. The average Bonchev–Trinajstić information content (AvgIpc) is 3.33. The summed E-state index contributed by atoms with van der Waals surface area (Å²) in [5.74, 6) is -0.248. The van der Waals surface area contributed by atoms with Gasteiger partial charge in [-0.3, -0.25) is 9.59 Å². The molecule has 0 aromatic rings. The van der Waals surface area contributed by atoms with Gasteiger partial charge in [0.1, 0.15) is 11.7 Å². The van der Waals surface area contributed by atoms with Crippen LogP contribution < -0.4 is 0 Å². The van der Waals surface area contributed by atoms with Gasteiger partial charge in [-0.2, -0.15) is 0 Å². The summed E-state index contributed by atoms with van der Waals surface area (Å²) in [5, 5.41) is 0. The van der Waals surface area contributed by atoms with E-state index in [0.717, 1.165) is 19.4 Å². The predicted molar refractivity (Wildman–Crippen MR) is 102 cm³/mol. The minimum atomic E-state index is -0.550. The molecule has 26 heavy (non-hydrogen) atoms. The van der Waals surface area contributed by atoms with Crippen molar-refractivity contribution in [3.05, 3.63) is 0 Å². The van der Waals surface area contributed by atoms with Crippen molar-refractivity contribution in [2.45, 2.75) is 98.4 Å². The molecule has 1 saturated carbocycles. The third-order valence-electron chi connectivity index (χ3n) is 4.79. The average molecular weight is 371 g/mol. The van der Waals surface area contributed by atoms with Gasteiger partial charge in [-0.05, 0) is 52.4 Å². The van der Waals surface area contributed by atoms with Crippen LogP contribution >= 0.6 is 0 Å². The van der Waals surface area contributed by atoms with Crippen molar-refractivity contribution >= 4 is 11.9 Å². The highest BCUT2D eigenvalue weighted by molar-refractivity contribution is 5.79. The number of carbonyl (C=O) groups excluding carboxylic acids is 2. The van der Waals surface area contributed by atoms with E-state index >= 15 is 0 Å². The molecule has 0 radical (unpaired) electrons. The Morgan fingerprint density at radius 3 is 2.12 bits per heavy atom. The summed E-state index contributed by atoms with van der Waals surface area (Å²) < 4.78 is 17.1. The minimum absolute atomic E-state index is 0.0292. The number of hydrogen-bond acceptors (Lipinski definition) is 5. The summed E-state index contributed by atoms with van der Waals surface area (Å²) >= 11 is 0. The number of rotatable bonds is 11. The van der Waals surface area contributed by atoms with Gasteiger partial charge in [0.15, 0.2) is 0 Å². The third-order valence-corrected chi connectivity index (χ3v) is 4.79. The maximum Gasteiger partial charge on any atom is 0.309 e. The number of carbonyl (C=O) groups is 2. The zero-order valence-electron chi connectivity index (χ0n) is 17.7. The van der Waals surface area contributed by atoms with Gasteiger partial charge in [-0.25, -0.2) is 0 Å². The van der Waals surface area contributed by atoms with Gasteiger partial charge in [0.05, 0.1) is 18.4 Å². The Hall–Kier alpha value is -1.10. The van der Waals surface area contributed by atoms with Crippen LogP contribution in [0.5, 0.6) is 0 Å². The second-order valence-electron chi connectivity index (χ2n) is 8.65. The van der Waals surface area contributed by atoms with Crippen LogP contribution in [-0.4, -0.2) is 36.4 Å². The molecule has 0 spiro atoms. The van der Waals surface area contributed by atoms with Crippen LogP contribution in [-0.2, 0) is 23.8 Å². The maximum atomic E-state index is 12.4. The molecule has 0 aromatic carbocycles. The lowest BCUT2D eigenvalue weighted by molar-refractivity contribution is -0.169. The SMILES string of the molecule is CCC(CC)[C@@H](OCC1CC1)[C@H](C)OC(=O)[C@H](C)CC(=O)OC(C)(C)C. The van der Waals surface area contributed by atoms with Gasteiger partial charge < -0.3 is 14.2 Å². The zero-order chi connectivity index (χ0) is 19.9. The second-order valence-corrected chi connectivity index (χ2v) is 8.65. The van der Waals surface area contributed by atoms with Crippen molar-refractivity contribution in [2.75, 3.05) is 6.61 Å². The van der Waals surface area contributed by atoms with E-state index in [0.29, 0.717) is 11.8 Å². The third kappa shape index (κ3) is 8.52. The van der Waals surface area contributed by atoms with Crippen LogP contribution in [0.4, 0.5) is 0 Å². The highest BCUT2D eigenvalue weighted by atomic mass is 16.6. The Morgan fingerprint density at radius 2 is 1.65 bits per heavy atom. The predicted octanol–water partition coefficient (Wildman–Crippen LogP) is 4.52. The smallest absolute Gasteiger partial charge is 0.309 e. The molecule has 1 rings (SSSR count). The van der Waals surface area contributed by atoms with Crippen LogP contribution in [0.1, 0.15) is 80.6 Å². The first-order valence-electron chi connectivity index (χ1n) is 10.1. The fourth-order valence-electron chi connectivity index (χ4n) is 3.02. The standard InChI is InChI=1S/C21H38O5/c1-8-17(9-2)19(24-13-16-10-11-16)15(4)25-20(23)14(3)12-18(22)26-21(5,6)7/h14-17,19H,8-13H2,1-7H3/t14-,15+,19+/m1/s1. The molecule has 1 fully saturated rings. The van der Waals surface area contributed by atoms with Crippen LogP contribution in [0, 0.1) is 17.8 Å². The molecule has 3 atom stereocenters. The van der Waals surface area contributed by atoms with Gasteiger partial charge >= 0.3 is 11.9 Å². The summed E-state index contributed by atoms with van der Waals surface area (Å²) in [6.07, 6.45) is 4.05. The van der Waals surface area contributed by atoms with Crippen molar-refractivity contribution < 1.29 is 23.8 Å². The van der Waals surface area contributed by atoms with E-state index in [1.165, 1.54) is 12.8 Å². The molecular weight excluding hydrogens is 332 g/mol. The Labute approximate surface area is 159 Å². The summed E-state index contributed by atoms with van der Waals surface area (Å²) in [6, 6.07) is 0. The molecule has 1 aliphatic rings. The molecule has 0 N–H and O–H groups in total. The highest BCUT2D eigenvalue weighted by Crippen LogP contribution is 2.31. The summed E-state index contributed by atoms with van der Waals surface area (Å²) in [7, 11) is 0.